The Balaban J connectivity index is 2.04. The summed E-state index contributed by atoms with van der Waals surface area (Å²) in [6.07, 6.45) is 4.74. The normalized spacial score (nSPS) is 22.1. The summed E-state index contributed by atoms with van der Waals surface area (Å²) >= 11 is 1.84. The van der Waals surface area contributed by atoms with Crippen molar-refractivity contribution in [3.8, 4) is 0 Å². The number of thioether (sulfide) groups is 1. The van der Waals surface area contributed by atoms with E-state index < -0.39 is 0 Å². The highest BCUT2D eigenvalue weighted by atomic mass is 32.2. The predicted molar refractivity (Wildman–Crippen MR) is 53.9 cm³/mol. The Morgan fingerprint density at radius 1 is 1.46 bits per heavy atom. The Hall–Kier alpha value is -0.610. The van der Waals surface area contributed by atoms with Crippen LogP contribution in [-0.4, -0.2) is 28.3 Å². The van der Waals surface area contributed by atoms with Gasteiger partial charge in [0, 0.05) is 24.2 Å². The predicted octanol–water partition coefficient (Wildman–Crippen LogP) is 1.24. The molecule has 1 aliphatic rings. The highest BCUT2D eigenvalue weighted by molar-refractivity contribution is 7.99. The Labute approximate surface area is 82.4 Å². The number of aromatic nitrogens is 2. The molecule has 1 aliphatic heterocycles. The van der Waals surface area contributed by atoms with Crippen LogP contribution in [0, 0.1) is 6.92 Å². The molecule has 70 valence electrons. The van der Waals surface area contributed by atoms with Gasteiger partial charge in [-0.25, -0.2) is 4.98 Å². The second kappa shape index (κ2) is 4.07. The lowest BCUT2D eigenvalue weighted by molar-refractivity contribution is 0.858. The first-order chi connectivity index (χ1) is 6.36. The van der Waals surface area contributed by atoms with Crippen LogP contribution >= 0.6 is 11.8 Å². The molecule has 0 amide bonds. The van der Waals surface area contributed by atoms with E-state index in [1.165, 1.54) is 6.42 Å². The van der Waals surface area contributed by atoms with Crippen molar-refractivity contribution in [3.05, 3.63) is 18.1 Å². The second-order valence-electron chi connectivity index (χ2n) is 3.18. The van der Waals surface area contributed by atoms with Gasteiger partial charge in [-0.05, 0) is 19.9 Å². The molecule has 0 unspecified atom stereocenters. The first-order valence-corrected chi connectivity index (χ1v) is 5.39. The van der Waals surface area contributed by atoms with Crippen LogP contribution < -0.4 is 5.32 Å². The smallest absolute Gasteiger partial charge is 0.118 e. The molecule has 4 heteroatoms. The Bertz CT molecular complexity index is 284. The van der Waals surface area contributed by atoms with Gasteiger partial charge >= 0.3 is 0 Å². The number of nitrogens with zero attached hydrogens (tertiary/aromatic N) is 2. The molecule has 0 aromatic carbocycles. The summed E-state index contributed by atoms with van der Waals surface area (Å²) in [5.74, 6) is 0. The van der Waals surface area contributed by atoms with Crippen molar-refractivity contribution in [1.29, 1.82) is 0 Å². The maximum absolute atomic E-state index is 4.31. The van der Waals surface area contributed by atoms with Gasteiger partial charge in [0.25, 0.3) is 0 Å². The molecule has 1 fully saturated rings. The molecule has 13 heavy (non-hydrogen) atoms. The van der Waals surface area contributed by atoms with E-state index in [1.54, 1.807) is 12.4 Å². The van der Waals surface area contributed by atoms with Crippen LogP contribution in [0.4, 0.5) is 0 Å². The molecule has 0 radical (unpaired) electrons. The number of hydrogen-bond donors (Lipinski definition) is 1. The van der Waals surface area contributed by atoms with E-state index >= 15 is 0 Å². The minimum absolute atomic E-state index is 0.676. The van der Waals surface area contributed by atoms with Gasteiger partial charge in [0.15, 0.2) is 0 Å². The molecule has 0 saturated carbocycles. The van der Waals surface area contributed by atoms with Gasteiger partial charge in [-0.15, -0.1) is 0 Å². The zero-order valence-electron chi connectivity index (χ0n) is 7.66. The summed E-state index contributed by atoms with van der Waals surface area (Å²) in [6.45, 7) is 4.25. The van der Waals surface area contributed by atoms with Gasteiger partial charge in [0.05, 0.1) is 5.69 Å². The standard InChI is InChI=1S/C9H13N3S/c1-7-9(12-5-4-11-7)13-8-2-3-10-6-8/h4-5,8,10H,2-3,6H2,1H3/t8-/m0/s1. The van der Waals surface area contributed by atoms with Gasteiger partial charge in [0.1, 0.15) is 5.03 Å². The maximum Gasteiger partial charge on any atom is 0.118 e. The van der Waals surface area contributed by atoms with E-state index in [0.717, 1.165) is 23.8 Å². The van der Waals surface area contributed by atoms with E-state index in [-0.39, 0.29) is 0 Å². The minimum atomic E-state index is 0.676. The largest absolute Gasteiger partial charge is 0.316 e. The molecule has 2 heterocycles. The highest BCUT2D eigenvalue weighted by Gasteiger charge is 2.17. The Kier molecular flexibility index (Phi) is 2.80. The molecule has 1 aromatic heterocycles. The van der Waals surface area contributed by atoms with Crippen LogP contribution in [0.15, 0.2) is 17.4 Å². The van der Waals surface area contributed by atoms with Gasteiger partial charge in [-0.1, -0.05) is 11.8 Å². The number of aryl methyl sites for hydroxylation is 1. The molecule has 3 nitrogen and oxygen atoms in total. The maximum atomic E-state index is 4.31. The summed E-state index contributed by atoms with van der Waals surface area (Å²) in [6, 6.07) is 0. The second-order valence-corrected chi connectivity index (χ2v) is 4.47. The van der Waals surface area contributed by atoms with Gasteiger partial charge < -0.3 is 5.32 Å². The molecule has 1 atom stereocenters. The summed E-state index contributed by atoms with van der Waals surface area (Å²) < 4.78 is 0. The van der Waals surface area contributed by atoms with Crippen molar-refractivity contribution < 1.29 is 0 Å². The molecule has 1 saturated heterocycles. The van der Waals surface area contributed by atoms with Gasteiger partial charge in [-0.3, -0.25) is 4.98 Å². The summed E-state index contributed by atoms with van der Waals surface area (Å²) in [5.41, 5.74) is 1.04. The first-order valence-electron chi connectivity index (χ1n) is 4.51. The van der Waals surface area contributed by atoms with Crippen molar-refractivity contribution in [3.63, 3.8) is 0 Å². The van der Waals surface area contributed by atoms with Crippen molar-refractivity contribution in [1.82, 2.24) is 15.3 Å². The van der Waals surface area contributed by atoms with Crippen LogP contribution in [0.1, 0.15) is 12.1 Å². The van der Waals surface area contributed by atoms with Gasteiger partial charge in [0.2, 0.25) is 0 Å². The summed E-state index contributed by atoms with van der Waals surface area (Å²) in [5, 5.41) is 5.10. The molecular weight excluding hydrogens is 182 g/mol. The molecule has 0 aliphatic carbocycles. The molecular formula is C9H13N3S. The van der Waals surface area contributed by atoms with Crippen LogP contribution in [-0.2, 0) is 0 Å². The fourth-order valence-electron chi connectivity index (χ4n) is 1.40. The Morgan fingerprint density at radius 2 is 2.31 bits per heavy atom. The quantitative estimate of drug-likeness (QED) is 0.770. The van der Waals surface area contributed by atoms with Crippen molar-refractivity contribution >= 4 is 11.8 Å². The van der Waals surface area contributed by atoms with Crippen LogP contribution in [0.5, 0.6) is 0 Å². The summed E-state index contributed by atoms with van der Waals surface area (Å²) in [7, 11) is 0. The molecule has 0 bridgehead atoms. The third-order valence-corrected chi connectivity index (χ3v) is 3.49. The summed E-state index contributed by atoms with van der Waals surface area (Å²) in [4.78, 5) is 8.53. The van der Waals surface area contributed by atoms with E-state index in [4.69, 9.17) is 0 Å². The molecule has 1 aromatic rings. The fraction of sp³-hybridized carbons (Fsp3) is 0.556. The lowest BCUT2D eigenvalue weighted by Crippen LogP contribution is -2.10. The average molecular weight is 195 g/mol. The number of hydrogen-bond acceptors (Lipinski definition) is 4. The number of nitrogens with one attached hydrogen (secondary N) is 1. The first kappa shape index (κ1) is 8.97. The lowest BCUT2D eigenvalue weighted by Gasteiger charge is -2.07. The van der Waals surface area contributed by atoms with Crippen LogP contribution in [0.25, 0.3) is 0 Å². The monoisotopic (exact) mass is 195 g/mol. The third kappa shape index (κ3) is 2.19. The van der Waals surface area contributed by atoms with Gasteiger partial charge in [-0.2, -0.15) is 0 Å². The minimum Gasteiger partial charge on any atom is -0.316 e. The van der Waals surface area contributed by atoms with E-state index in [0.29, 0.717) is 5.25 Å². The zero-order chi connectivity index (χ0) is 9.10. The van der Waals surface area contributed by atoms with Crippen LogP contribution in [0.2, 0.25) is 0 Å². The van der Waals surface area contributed by atoms with Crippen molar-refractivity contribution in [2.75, 3.05) is 13.1 Å². The Morgan fingerprint density at radius 3 is 3.00 bits per heavy atom. The average Bonchev–Trinajstić information content (AvgIpc) is 2.61. The molecule has 2 rings (SSSR count). The van der Waals surface area contributed by atoms with E-state index in [2.05, 4.69) is 15.3 Å². The fourth-order valence-corrected chi connectivity index (χ4v) is 2.49. The number of rotatable bonds is 2. The van der Waals surface area contributed by atoms with E-state index in [9.17, 15) is 0 Å². The lowest BCUT2D eigenvalue weighted by atomic mass is 10.4. The zero-order valence-corrected chi connectivity index (χ0v) is 8.47. The van der Waals surface area contributed by atoms with E-state index in [1.807, 2.05) is 18.7 Å². The molecule has 0 spiro atoms. The highest BCUT2D eigenvalue weighted by Crippen LogP contribution is 2.26. The van der Waals surface area contributed by atoms with Crippen LogP contribution in [0.3, 0.4) is 0 Å². The third-order valence-electron chi connectivity index (χ3n) is 2.13. The van der Waals surface area contributed by atoms with Crippen molar-refractivity contribution in [2.24, 2.45) is 0 Å². The molecule has 1 N–H and O–H groups in total. The topological polar surface area (TPSA) is 37.8 Å². The van der Waals surface area contributed by atoms with Crippen molar-refractivity contribution in [2.45, 2.75) is 23.6 Å². The SMILES string of the molecule is Cc1nccnc1S[C@H]1CCNC1.